The number of carbonyl (C=O) groups is 1. The van der Waals surface area contributed by atoms with E-state index in [1.54, 1.807) is 0 Å². The maximum absolute atomic E-state index is 12.0. The molecule has 4 heteroatoms. The summed E-state index contributed by atoms with van der Waals surface area (Å²) in [6.07, 6.45) is -0.617. The predicted molar refractivity (Wildman–Crippen MR) is 70.4 cm³/mol. The first-order chi connectivity index (χ1) is 8.94. The summed E-state index contributed by atoms with van der Waals surface area (Å²) in [5.74, 6) is -1.48. The van der Waals surface area contributed by atoms with E-state index in [2.05, 4.69) is 0 Å². The fourth-order valence-corrected chi connectivity index (χ4v) is 2.54. The third kappa shape index (κ3) is 2.96. The molecule has 1 heterocycles. The van der Waals surface area contributed by atoms with Crippen molar-refractivity contribution in [2.75, 3.05) is 7.11 Å². The van der Waals surface area contributed by atoms with Crippen LogP contribution in [0.4, 0.5) is 0 Å². The molecule has 1 aliphatic rings. The van der Waals surface area contributed by atoms with Crippen molar-refractivity contribution in [3.05, 3.63) is 35.9 Å². The van der Waals surface area contributed by atoms with E-state index in [9.17, 15) is 4.79 Å². The number of esters is 1. The van der Waals surface area contributed by atoms with Crippen molar-refractivity contribution < 1.29 is 19.0 Å². The topological polar surface area (TPSA) is 44.8 Å². The summed E-state index contributed by atoms with van der Waals surface area (Å²) in [4.78, 5) is 12.0. The summed E-state index contributed by atoms with van der Waals surface area (Å²) < 4.78 is 16.6. The standard InChI is InChI=1S/C15H20O4/c1-10-12(14(16)17-4)13(19-15(2,3)18-10)11-8-6-5-7-9-11/h5-10,12-13H,1-4H3/t10-,12+,13+/m1/s1. The van der Waals surface area contributed by atoms with Gasteiger partial charge in [-0.1, -0.05) is 30.3 Å². The molecular weight excluding hydrogens is 244 g/mol. The van der Waals surface area contributed by atoms with Crippen LogP contribution in [0.5, 0.6) is 0 Å². The highest BCUT2D eigenvalue weighted by atomic mass is 16.7. The summed E-state index contributed by atoms with van der Waals surface area (Å²) in [5, 5.41) is 0. The van der Waals surface area contributed by atoms with Crippen molar-refractivity contribution in [3.8, 4) is 0 Å². The van der Waals surface area contributed by atoms with Crippen LogP contribution in [0, 0.1) is 5.92 Å². The molecule has 2 rings (SSSR count). The Hall–Kier alpha value is -1.39. The van der Waals surface area contributed by atoms with Gasteiger partial charge in [0.05, 0.1) is 13.2 Å². The zero-order valence-electron chi connectivity index (χ0n) is 11.8. The molecular formula is C15H20O4. The van der Waals surface area contributed by atoms with Crippen molar-refractivity contribution >= 4 is 5.97 Å². The molecule has 19 heavy (non-hydrogen) atoms. The van der Waals surface area contributed by atoms with Crippen LogP contribution in [0.15, 0.2) is 30.3 Å². The molecule has 0 spiro atoms. The average molecular weight is 264 g/mol. The van der Waals surface area contributed by atoms with Gasteiger partial charge < -0.3 is 14.2 Å². The van der Waals surface area contributed by atoms with Crippen LogP contribution in [0.3, 0.4) is 0 Å². The number of rotatable bonds is 2. The lowest BCUT2D eigenvalue weighted by molar-refractivity contribution is -0.317. The van der Waals surface area contributed by atoms with E-state index in [1.807, 2.05) is 51.1 Å². The molecule has 1 aromatic rings. The molecule has 3 atom stereocenters. The van der Waals surface area contributed by atoms with E-state index < -0.39 is 11.7 Å². The van der Waals surface area contributed by atoms with Crippen LogP contribution in [0.2, 0.25) is 0 Å². The van der Waals surface area contributed by atoms with E-state index in [0.717, 1.165) is 5.56 Å². The van der Waals surface area contributed by atoms with Crippen molar-refractivity contribution in [2.45, 2.75) is 38.8 Å². The molecule has 0 aromatic heterocycles. The van der Waals surface area contributed by atoms with E-state index in [0.29, 0.717) is 0 Å². The second-order valence-corrected chi connectivity index (χ2v) is 5.22. The monoisotopic (exact) mass is 264 g/mol. The van der Waals surface area contributed by atoms with E-state index in [4.69, 9.17) is 14.2 Å². The number of methoxy groups -OCH3 is 1. The molecule has 4 nitrogen and oxygen atoms in total. The molecule has 0 amide bonds. The van der Waals surface area contributed by atoms with Gasteiger partial charge in [0.1, 0.15) is 12.0 Å². The van der Waals surface area contributed by atoms with Gasteiger partial charge in [-0.15, -0.1) is 0 Å². The number of ether oxygens (including phenoxy) is 3. The molecule has 1 aromatic carbocycles. The minimum absolute atomic E-state index is 0.263. The molecule has 1 aliphatic heterocycles. The Morgan fingerprint density at radius 1 is 1.21 bits per heavy atom. The Labute approximate surface area is 113 Å². The van der Waals surface area contributed by atoms with Crippen LogP contribution >= 0.6 is 0 Å². The first-order valence-corrected chi connectivity index (χ1v) is 6.43. The second kappa shape index (κ2) is 5.31. The Balaban J connectivity index is 2.36. The maximum Gasteiger partial charge on any atom is 0.314 e. The fraction of sp³-hybridized carbons (Fsp3) is 0.533. The lowest BCUT2D eigenvalue weighted by Crippen LogP contribution is -2.49. The SMILES string of the molecule is COC(=O)[C@H]1[C@@H](C)OC(C)(C)O[C@H]1c1ccccc1. The minimum Gasteiger partial charge on any atom is -0.469 e. The highest BCUT2D eigenvalue weighted by Crippen LogP contribution is 2.40. The van der Waals surface area contributed by atoms with Crippen molar-refractivity contribution in [3.63, 3.8) is 0 Å². The summed E-state index contributed by atoms with van der Waals surface area (Å²) in [7, 11) is 1.39. The van der Waals surface area contributed by atoms with Gasteiger partial charge in [-0.3, -0.25) is 4.79 Å². The molecule has 104 valence electrons. The number of hydrogen-bond donors (Lipinski definition) is 0. The lowest BCUT2D eigenvalue weighted by Gasteiger charge is -2.43. The van der Waals surface area contributed by atoms with Crippen molar-refractivity contribution in [1.29, 1.82) is 0 Å². The first kappa shape index (κ1) is 14.0. The van der Waals surface area contributed by atoms with Crippen LogP contribution < -0.4 is 0 Å². The lowest BCUT2D eigenvalue weighted by atomic mass is 9.89. The van der Waals surface area contributed by atoms with Crippen LogP contribution in [0.1, 0.15) is 32.4 Å². The molecule has 0 saturated carbocycles. The molecule has 0 radical (unpaired) electrons. The molecule has 0 aliphatic carbocycles. The van der Waals surface area contributed by atoms with Gasteiger partial charge in [-0.2, -0.15) is 0 Å². The minimum atomic E-state index is -0.718. The van der Waals surface area contributed by atoms with Crippen LogP contribution in [-0.2, 0) is 19.0 Å². The molecule has 1 fully saturated rings. The van der Waals surface area contributed by atoms with Gasteiger partial charge in [0, 0.05) is 0 Å². The van der Waals surface area contributed by atoms with E-state index >= 15 is 0 Å². The number of benzene rings is 1. The summed E-state index contributed by atoms with van der Waals surface area (Å²) in [6, 6.07) is 9.70. The number of hydrogen-bond acceptors (Lipinski definition) is 4. The Kier molecular flexibility index (Phi) is 3.92. The highest BCUT2D eigenvalue weighted by Gasteiger charge is 2.46. The van der Waals surface area contributed by atoms with Gasteiger partial charge in [-0.25, -0.2) is 0 Å². The average Bonchev–Trinajstić information content (AvgIpc) is 2.37. The van der Waals surface area contributed by atoms with Crippen LogP contribution in [-0.4, -0.2) is 25.0 Å². The molecule has 0 unspecified atom stereocenters. The van der Waals surface area contributed by atoms with Crippen LogP contribution in [0.25, 0.3) is 0 Å². The van der Waals surface area contributed by atoms with E-state index in [1.165, 1.54) is 7.11 Å². The van der Waals surface area contributed by atoms with Gasteiger partial charge >= 0.3 is 5.97 Å². The zero-order chi connectivity index (χ0) is 14.0. The van der Waals surface area contributed by atoms with Gasteiger partial charge in [0.25, 0.3) is 0 Å². The van der Waals surface area contributed by atoms with Gasteiger partial charge in [0.15, 0.2) is 5.79 Å². The zero-order valence-corrected chi connectivity index (χ0v) is 11.8. The normalized spacial score (nSPS) is 29.8. The highest BCUT2D eigenvalue weighted by molar-refractivity contribution is 5.74. The fourth-order valence-electron chi connectivity index (χ4n) is 2.54. The third-order valence-electron chi connectivity index (χ3n) is 3.31. The molecule has 1 saturated heterocycles. The Morgan fingerprint density at radius 2 is 1.84 bits per heavy atom. The smallest absolute Gasteiger partial charge is 0.314 e. The Morgan fingerprint density at radius 3 is 2.42 bits per heavy atom. The largest absolute Gasteiger partial charge is 0.469 e. The summed E-state index contributed by atoms with van der Waals surface area (Å²) >= 11 is 0. The number of carbonyl (C=O) groups excluding carboxylic acids is 1. The van der Waals surface area contributed by atoms with Gasteiger partial charge in [0.2, 0.25) is 0 Å². The quantitative estimate of drug-likeness (QED) is 0.770. The van der Waals surface area contributed by atoms with Crippen molar-refractivity contribution in [2.24, 2.45) is 5.92 Å². The predicted octanol–water partition coefficient (Wildman–Crippen LogP) is 2.69. The maximum atomic E-state index is 12.0. The molecule has 0 N–H and O–H groups in total. The first-order valence-electron chi connectivity index (χ1n) is 6.43. The second-order valence-electron chi connectivity index (χ2n) is 5.22. The molecule has 0 bridgehead atoms. The Bertz CT molecular complexity index is 441. The van der Waals surface area contributed by atoms with E-state index in [-0.39, 0.29) is 18.2 Å². The summed E-state index contributed by atoms with van der Waals surface area (Å²) in [5.41, 5.74) is 0.959. The summed E-state index contributed by atoms with van der Waals surface area (Å²) in [6.45, 7) is 5.58. The third-order valence-corrected chi connectivity index (χ3v) is 3.31. The van der Waals surface area contributed by atoms with Crippen molar-refractivity contribution in [1.82, 2.24) is 0 Å². The van der Waals surface area contributed by atoms with Gasteiger partial charge in [-0.05, 0) is 26.3 Å².